The number of fused-ring (bicyclic) bond motifs is 8. The summed E-state index contributed by atoms with van der Waals surface area (Å²) in [6.07, 6.45) is 27.3. The number of halogens is 3. The number of nitriles is 2. The van der Waals surface area contributed by atoms with Gasteiger partial charge in [-0.05, 0) is 170 Å². The Morgan fingerprint density at radius 2 is 0.765 bits per heavy atom. The Balaban J connectivity index is 0.000000228. The summed E-state index contributed by atoms with van der Waals surface area (Å²) in [4.78, 5) is 76.8. The van der Waals surface area contributed by atoms with Crippen molar-refractivity contribution in [3.8, 4) is 59.8 Å². The molecule has 14 rings (SSSR count). The normalized spacial score (nSPS) is 13.1. The maximum absolute atomic E-state index is 12.7. The second kappa shape index (κ2) is 40.3. The van der Waals surface area contributed by atoms with Crippen molar-refractivity contribution in [3.63, 3.8) is 0 Å². The van der Waals surface area contributed by atoms with Gasteiger partial charge in [0, 0.05) is 73.0 Å². The second-order valence-electron chi connectivity index (χ2n) is 26.3. The molecule has 0 saturated carbocycles. The molecular formula is C79H84Br2ClKN12O5Si2. The fourth-order valence-electron chi connectivity index (χ4n) is 11.3. The third-order valence-electron chi connectivity index (χ3n) is 16.4. The van der Waals surface area contributed by atoms with E-state index in [1.807, 2.05) is 85.0 Å². The first-order valence-electron chi connectivity index (χ1n) is 33.3. The Morgan fingerprint density at radius 3 is 1.13 bits per heavy atom. The first-order chi connectivity index (χ1) is 47.1. The van der Waals surface area contributed by atoms with Crippen LogP contribution in [0.3, 0.4) is 0 Å². The summed E-state index contributed by atoms with van der Waals surface area (Å²) < 4.78 is 9.02. The van der Waals surface area contributed by atoms with E-state index in [0.717, 1.165) is 182 Å². The summed E-state index contributed by atoms with van der Waals surface area (Å²) in [5.41, 5.74) is 13.3. The molecule has 23 heteroatoms. The van der Waals surface area contributed by atoms with E-state index in [9.17, 15) is 19.2 Å². The molecule has 102 heavy (non-hydrogen) atoms. The van der Waals surface area contributed by atoms with E-state index in [1.54, 1.807) is 54.6 Å². The standard InChI is InChI=1S/C21H16N4O.C18H22N2OSi.C15H14N2O.C13H13BrN2O.C6H3BrN2.C5H10Si.CH4.ClH.K.H2O/c22-14-17-6-4-5-16(23-17)10-8-15-9-11-18-19(13-15)24-20-7-2-1-3-12-25(20)21(18)26;1-22(2,3)12-10-14-8-9-15-16(13-14)19-17-7-5-4-6-11-20(17)18(15)21;1-2-11-7-8-12-13(10-11)16-14-6-4-3-5-9-17(14)15(12)18;14-9-5-6-10-11(8-9)15-12-4-2-1-3-7-16(12)13(10)17;7-6-3-1-2-5(4-8)9-6;1-5-6(2,3)4;;;;/h4-6,9,11,13H,1-3,7,12H2;8-9,13H,4-7,11H2,1-3H3;1,7-8,10H,3-6,9H2;5-6,8H,1-4,7H2;1-3H;1H,2-4H3;1H4;1H;;1H2/q;;;;;;;;+1;/p-1. The van der Waals surface area contributed by atoms with Crippen LogP contribution in [0.4, 0.5) is 0 Å². The molecule has 4 aliphatic rings. The summed E-state index contributed by atoms with van der Waals surface area (Å²) in [5.74, 6) is 15.5. The van der Waals surface area contributed by atoms with Crippen LogP contribution in [0.5, 0.6) is 0 Å². The van der Waals surface area contributed by atoms with Crippen LogP contribution in [0.2, 0.25) is 39.3 Å². The maximum atomic E-state index is 12.7. The van der Waals surface area contributed by atoms with E-state index in [0.29, 0.717) is 43.4 Å². The zero-order chi connectivity index (χ0) is 69.9. The molecule has 4 aromatic carbocycles. The number of rotatable bonds is 0. The Kier molecular flexibility index (Phi) is 33.6. The van der Waals surface area contributed by atoms with Crippen molar-refractivity contribution in [1.82, 2.24) is 48.2 Å². The van der Waals surface area contributed by atoms with Crippen LogP contribution in [0.25, 0.3) is 43.6 Å². The molecule has 1 N–H and O–H groups in total. The average molecular weight is 1570 g/mol. The van der Waals surface area contributed by atoms with Gasteiger partial charge in [-0.2, -0.15) is 10.5 Å². The van der Waals surface area contributed by atoms with E-state index in [1.165, 1.54) is 12.8 Å². The molecule has 0 radical (unpaired) electrons. The molecule has 0 bridgehead atoms. The number of nitrogens with zero attached hydrogens (tertiary/aromatic N) is 12. The largest absolute Gasteiger partial charge is 1.00 e. The van der Waals surface area contributed by atoms with Gasteiger partial charge in [0.15, 0.2) is 0 Å². The molecule has 520 valence electrons. The van der Waals surface area contributed by atoms with Crippen molar-refractivity contribution in [2.45, 2.75) is 176 Å². The Hall–Kier alpha value is -7.76. The number of aromatic nitrogens is 10. The molecule has 10 heterocycles. The number of hydrogen-bond donors (Lipinski definition) is 0. The zero-order valence-corrected chi connectivity index (χ0v) is 67.4. The van der Waals surface area contributed by atoms with Gasteiger partial charge >= 0.3 is 51.4 Å². The maximum Gasteiger partial charge on any atom is 1.00 e. The van der Waals surface area contributed by atoms with Crippen molar-refractivity contribution in [3.05, 3.63) is 217 Å². The monoisotopic (exact) mass is 1570 g/mol. The van der Waals surface area contributed by atoms with E-state index in [2.05, 4.69) is 126 Å². The minimum absolute atomic E-state index is 0. The molecule has 17 nitrogen and oxygen atoms in total. The van der Waals surface area contributed by atoms with E-state index < -0.39 is 16.1 Å². The van der Waals surface area contributed by atoms with Gasteiger partial charge in [0.05, 0.1) is 43.6 Å². The quantitative estimate of drug-likeness (QED) is 0.0780. The SMILES string of the molecule is C.C#C[Si](C)(C)C.C#Cc1ccc2c(=O)n3c(nc2c1)CCCCC3.C[Si](C)(C)C#Cc1ccc2c(=O)n3c(nc2c1)CCCCC3.Cl.N#Cc1cccc(Br)n1.N#Cc1cccc(C#Cc2ccc3c(=O)n4c(nc3c2)CCCCC4)n1.O=c1c2ccc(Br)cc2nc2n1CCCCC2.[K+].[OH-]. The summed E-state index contributed by atoms with van der Waals surface area (Å²) >= 11 is 6.56. The number of hydrogen-bond acceptors (Lipinski definition) is 13. The van der Waals surface area contributed by atoms with Gasteiger partial charge in [0.2, 0.25) is 0 Å². The fourth-order valence-corrected chi connectivity index (χ4v) is 12.5. The third-order valence-corrected chi connectivity index (χ3v) is 19.1. The van der Waals surface area contributed by atoms with Gasteiger partial charge in [0.1, 0.15) is 73.3 Å². The number of pyridine rings is 2. The number of benzene rings is 4. The van der Waals surface area contributed by atoms with Gasteiger partial charge in [-0.1, -0.05) is 118 Å². The molecular weight excluding hydrogens is 1490 g/mol. The zero-order valence-electron chi connectivity index (χ0n) is 58.3. The van der Waals surface area contributed by atoms with Gasteiger partial charge in [-0.15, -0.1) is 36.3 Å². The summed E-state index contributed by atoms with van der Waals surface area (Å²) in [6, 6.07) is 36.7. The van der Waals surface area contributed by atoms with Crippen molar-refractivity contribution in [2.24, 2.45) is 0 Å². The fraction of sp³-hybridized carbons (Fsp3) is 0.342. The van der Waals surface area contributed by atoms with Crippen molar-refractivity contribution < 1.29 is 56.9 Å². The summed E-state index contributed by atoms with van der Waals surface area (Å²) in [7, 11) is -2.50. The van der Waals surface area contributed by atoms with Crippen LogP contribution in [-0.2, 0) is 51.9 Å². The summed E-state index contributed by atoms with van der Waals surface area (Å²) in [6.45, 7) is 16.3. The van der Waals surface area contributed by atoms with Crippen molar-refractivity contribution in [2.75, 3.05) is 0 Å². The topological polar surface area (TPSA) is 243 Å². The Bertz CT molecular complexity index is 5230. The van der Waals surface area contributed by atoms with Crippen LogP contribution in [0, 0.1) is 70.3 Å². The summed E-state index contributed by atoms with van der Waals surface area (Å²) in [5, 5.41) is 20.0. The average Bonchev–Trinajstić information content (AvgIpc) is 1.18. The molecule has 0 saturated heterocycles. The van der Waals surface area contributed by atoms with Crippen LogP contribution in [0.1, 0.15) is 142 Å². The number of aryl methyl sites for hydroxylation is 4. The second-order valence-corrected chi connectivity index (χ2v) is 37.6. The van der Waals surface area contributed by atoms with E-state index in [4.69, 9.17) is 33.3 Å². The van der Waals surface area contributed by atoms with E-state index in [-0.39, 0.29) is 98.9 Å². The number of terminal acetylenes is 2. The minimum atomic E-state index is -1.40. The third kappa shape index (κ3) is 23.6. The molecule has 10 aromatic rings. The first kappa shape index (κ1) is 84.9. The van der Waals surface area contributed by atoms with E-state index >= 15 is 0 Å². The smallest absolute Gasteiger partial charge is 0.870 e. The molecule has 0 spiro atoms. The molecule has 4 aliphatic heterocycles. The molecule has 0 aliphatic carbocycles. The predicted octanol–water partition coefficient (Wildman–Crippen LogP) is 12.2. The van der Waals surface area contributed by atoms with Crippen LogP contribution >= 0.6 is 44.3 Å². The van der Waals surface area contributed by atoms with Crippen molar-refractivity contribution in [1.29, 1.82) is 10.5 Å². The van der Waals surface area contributed by atoms with Crippen molar-refractivity contribution >= 4 is 104 Å². The Labute approximate surface area is 664 Å². The molecule has 0 fully saturated rings. The van der Waals surface area contributed by atoms with Crippen LogP contribution in [-0.4, -0.2) is 69.8 Å². The van der Waals surface area contributed by atoms with Crippen LogP contribution in [0.15, 0.2) is 137 Å². The molecule has 6 aromatic heterocycles. The Morgan fingerprint density at radius 1 is 0.422 bits per heavy atom. The van der Waals surface area contributed by atoms with Gasteiger partial charge in [0.25, 0.3) is 22.2 Å². The van der Waals surface area contributed by atoms with Gasteiger partial charge in [-0.3, -0.25) is 37.4 Å². The molecule has 0 atom stereocenters. The molecule has 0 amide bonds. The van der Waals surface area contributed by atoms with Crippen LogP contribution < -0.4 is 73.6 Å². The predicted molar refractivity (Wildman–Crippen MR) is 420 cm³/mol. The van der Waals surface area contributed by atoms with Gasteiger partial charge in [-0.25, -0.2) is 29.9 Å². The van der Waals surface area contributed by atoms with Gasteiger partial charge < -0.3 is 5.48 Å². The minimum Gasteiger partial charge on any atom is -0.870 e. The first-order valence-corrected chi connectivity index (χ1v) is 41.9. The molecule has 0 unspecified atom stereocenters.